The summed E-state index contributed by atoms with van der Waals surface area (Å²) in [5.41, 5.74) is 0. The number of carbonyl (C=O) groups excluding carboxylic acids is 2. The fraction of sp³-hybridized carbons (Fsp3) is 0.857. The van der Waals surface area contributed by atoms with Crippen LogP contribution in [0.15, 0.2) is 0 Å². The Bertz CT molecular complexity index is 327. The molecule has 1 aliphatic heterocycles. The Morgan fingerprint density at radius 1 is 1.16 bits per heavy atom. The Labute approximate surface area is 114 Å². The summed E-state index contributed by atoms with van der Waals surface area (Å²) in [7, 11) is 0. The predicted molar refractivity (Wildman–Crippen MR) is 71.4 cm³/mol. The lowest BCUT2D eigenvalue weighted by atomic mass is 10.1. The van der Waals surface area contributed by atoms with Gasteiger partial charge in [0.05, 0.1) is 12.6 Å². The molecule has 0 spiro atoms. The molecule has 5 heteroatoms. The summed E-state index contributed by atoms with van der Waals surface area (Å²) in [5, 5.41) is 12.0. The Morgan fingerprint density at radius 2 is 1.89 bits per heavy atom. The van der Waals surface area contributed by atoms with Crippen LogP contribution in [0.1, 0.15) is 44.9 Å². The van der Waals surface area contributed by atoms with Gasteiger partial charge in [-0.2, -0.15) is 0 Å². The molecule has 0 bridgehead atoms. The van der Waals surface area contributed by atoms with Gasteiger partial charge in [-0.1, -0.05) is 12.8 Å². The van der Waals surface area contributed by atoms with Crippen LogP contribution in [0.3, 0.4) is 0 Å². The number of nitrogens with zero attached hydrogens (tertiary/aromatic N) is 1. The monoisotopic (exact) mass is 268 g/mol. The quantitative estimate of drug-likeness (QED) is 0.770. The zero-order valence-electron chi connectivity index (χ0n) is 11.4. The second-order valence-electron chi connectivity index (χ2n) is 5.59. The molecule has 1 saturated heterocycles. The van der Waals surface area contributed by atoms with E-state index in [1.54, 1.807) is 4.90 Å². The lowest BCUT2D eigenvalue weighted by Crippen LogP contribution is -2.40. The lowest BCUT2D eigenvalue weighted by Gasteiger charge is -2.23. The van der Waals surface area contributed by atoms with Gasteiger partial charge in [0, 0.05) is 25.4 Å². The van der Waals surface area contributed by atoms with Crippen LogP contribution in [0.5, 0.6) is 0 Å². The van der Waals surface area contributed by atoms with Gasteiger partial charge in [-0.25, -0.2) is 0 Å². The molecule has 0 radical (unpaired) electrons. The van der Waals surface area contributed by atoms with Crippen molar-refractivity contribution in [2.75, 3.05) is 19.7 Å². The molecular weight excluding hydrogens is 244 g/mol. The van der Waals surface area contributed by atoms with Gasteiger partial charge in [-0.3, -0.25) is 9.59 Å². The van der Waals surface area contributed by atoms with Gasteiger partial charge in [0.15, 0.2) is 0 Å². The van der Waals surface area contributed by atoms with E-state index < -0.39 is 0 Å². The molecule has 19 heavy (non-hydrogen) atoms. The van der Waals surface area contributed by atoms with E-state index in [2.05, 4.69) is 5.32 Å². The SMILES string of the molecule is O=C(NCCC(=O)N1CCC[C@@H]1CO)C1CCCC1. The average Bonchev–Trinajstić information content (AvgIpc) is 3.09. The minimum Gasteiger partial charge on any atom is -0.394 e. The summed E-state index contributed by atoms with van der Waals surface area (Å²) in [6.45, 7) is 1.20. The van der Waals surface area contributed by atoms with Gasteiger partial charge in [-0.05, 0) is 25.7 Å². The fourth-order valence-electron chi connectivity index (χ4n) is 3.12. The van der Waals surface area contributed by atoms with Crippen LogP contribution < -0.4 is 5.32 Å². The molecule has 1 atom stereocenters. The number of likely N-dealkylation sites (tertiary alicyclic amines) is 1. The number of amides is 2. The number of rotatable bonds is 5. The summed E-state index contributed by atoms with van der Waals surface area (Å²) in [6, 6.07) is -0.0157. The molecule has 2 amide bonds. The highest BCUT2D eigenvalue weighted by Crippen LogP contribution is 2.24. The van der Waals surface area contributed by atoms with E-state index in [9.17, 15) is 14.7 Å². The molecule has 0 unspecified atom stereocenters. The zero-order valence-corrected chi connectivity index (χ0v) is 11.4. The zero-order chi connectivity index (χ0) is 13.7. The second-order valence-corrected chi connectivity index (χ2v) is 5.59. The summed E-state index contributed by atoms with van der Waals surface area (Å²) >= 11 is 0. The van der Waals surface area contributed by atoms with Crippen molar-refractivity contribution < 1.29 is 14.7 Å². The van der Waals surface area contributed by atoms with Crippen molar-refractivity contribution >= 4 is 11.8 Å². The Morgan fingerprint density at radius 3 is 2.58 bits per heavy atom. The van der Waals surface area contributed by atoms with E-state index in [-0.39, 0.29) is 30.4 Å². The van der Waals surface area contributed by atoms with E-state index >= 15 is 0 Å². The first kappa shape index (κ1) is 14.3. The largest absolute Gasteiger partial charge is 0.394 e. The van der Waals surface area contributed by atoms with Crippen LogP contribution in [-0.4, -0.2) is 47.6 Å². The lowest BCUT2D eigenvalue weighted by molar-refractivity contribution is -0.132. The Balaban J connectivity index is 1.67. The molecule has 0 aromatic carbocycles. The van der Waals surface area contributed by atoms with Crippen molar-refractivity contribution in [3.05, 3.63) is 0 Å². The number of aliphatic hydroxyl groups excluding tert-OH is 1. The number of carbonyl (C=O) groups is 2. The molecule has 2 N–H and O–H groups in total. The molecule has 5 nitrogen and oxygen atoms in total. The third-order valence-electron chi connectivity index (χ3n) is 4.27. The van der Waals surface area contributed by atoms with E-state index in [1.807, 2.05) is 0 Å². The molecule has 0 aromatic heterocycles. The summed E-state index contributed by atoms with van der Waals surface area (Å²) in [5.74, 6) is 0.306. The maximum absolute atomic E-state index is 12.0. The summed E-state index contributed by atoms with van der Waals surface area (Å²) < 4.78 is 0. The normalized spacial score (nSPS) is 23.8. The van der Waals surface area contributed by atoms with Gasteiger partial charge in [-0.15, -0.1) is 0 Å². The van der Waals surface area contributed by atoms with E-state index in [0.717, 1.165) is 45.1 Å². The molecule has 2 rings (SSSR count). The fourth-order valence-corrected chi connectivity index (χ4v) is 3.12. The smallest absolute Gasteiger partial charge is 0.224 e. The highest BCUT2D eigenvalue weighted by atomic mass is 16.3. The molecule has 108 valence electrons. The summed E-state index contributed by atoms with van der Waals surface area (Å²) in [6.07, 6.45) is 6.44. The minimum atomic E-state index is -0.0157. The predicted octanol–water partition coefficient (Wildman–Crippen LogP) is 0.666. The van der Waals surface area contributed by atoms with Crippen molar-refractivity contribution in [2.24, 2.45) is 5.92 Å². The first-order valence-corrected chi connectivity index (χ1v) is 7.40. The van der Waals surface area contributed by atoms with Gasteiger partial charge >= 0.3 is 0 Å². The van der Waals surface area contributed by atoms with Crippen molar-refractivity contribution in [1.82, 2.24) is 10.2 Å². The Kier molecular flexibility index (Phi) is 5.19. The first-order valence-electron chi connectivity index (χ1n) is 7.40. The molecule has 1 saturated carbocycles. The third-order valence-corrected chi connectivity index (χ3v) is 4.27. The molecule has 1 heterocycles. The first-order chi connectivity index (χ1) is 9.22. The highest BCUT2D eigenvalue weighted by Gasteiger charge is 2.28. The number of hydrogen-bond donors (Lipinski definition) is 2. The Hall–Kier alpha value is -1.10. The van der Waals surface area contributed by atoms with Crippen LogP contribution in [0.4, 0.5) is 0 Å². The molecule has 0 aromatic rings. The van der Waals surface area contributed by atoms with Gasteiger partial charge in [0.1, 0.15) is 0 Å². The number of aliphatic hydroxyl groups is 1. The van der Waals surface area contributed by atoms with Crippen molar-refractivity contribution in [2.45, 2.75) is 51.0 Å². The average molecular weight is 268 g/mol. The highest BCUT2D eigenvalue weighted by molar-refractivity contribution is 5.80. The second kappa shape index (κ2) is 6.89. The third kappa shape index (κ3) is 3.69. The van der Waals surface area contributed by atoms with E-state index in [0.29, 0.717) is 13.0 Å². The maximum atomic E-state index is 12.0. The van der Waals surface area contributed by atoms with Gasteiger partial charge in [0.2, 0.25) is 11.8 Å². The van der Waals surface area contributed by atoms with Crippen LogP contribution in [0, 0.1) is 5.92 Å². The topological polar surface area (TPSA) is 69.6 Å². The van der Waals surface area contributed by atoms with Gasteiger partial charge in [0.25, 0.3) is 0 Å². The molecule has 2 fully saturated rings. The summed E-state index contributed by atoms with van der Waals surface area (Å²) in [4.78, 5) is 25.5. The van der Waals surface area contributed by atoms with Gasteiger partial charge < -0.3 is 15.3 Å². The number of nitrogens with one attached hydrogen (secondary N) is 1. The molecular formula is C14H24N2O3. The van der Waals surface area contributed by atoms with Crippen LogP contribution in [0.2, 0.25) is 0 Å². The van der Waals surface area contributed by atoms with Crippen LogP contribution in [-0.2, 0) is 9.59 Å². The number of hydrogen-bond acceptors (Lipinski definition) is 3. The van der Waals surface area contributed by atoms with Crippen molar-refractivity contribution in [1.29, 1.82) is 0 Å². The van der Waals surface area contributed by atoms with Crippen LogP contribution >= 0.6 is 0 Å². The standard InChI is InChI=1S/C14H24N2O3/c17-10-12-6-3-9-16(12)13(18)7-8-15-14(19)11-4-1-2-5-11/h11-12,17H,1-10H2,(H,15,19)/t12-/m1/s1. The van der Waals surface area contributed by atoms with Crippen LogP contribution in [0.25, 0.3) is 0 Å². The van der Waals surface area contributed by atoms with E-state index in [4.69, 9.17) is 0 Å². The maximum Gasteiger partial charge on any atom is 0.224 e. The van der Waals surface area contributed by atoms with Crippen molar-refractivity contribution in [3.63, 3.8) is 0 Å². The molecule has 1 aliphatic carbocycles. The van der Waals surface area contributed by atoms with E-state index in [1.165, 1.54) is 0 Å². The molecule has 2 aliphatic rings. The van der Waals surface area contributed by atoms with Crippen molar-refractivity contribution in [3.8, 4) is 0 Å². The minimum absolute atomic E-state index is 0.0157.